The first-order chi connectivity index (χ1) is 12.6. The van der Waals surface area contributed by atoms with Gasteiger partial charge in [0.05, 0.1) is 6.54 Å². The van der Waals surface area contributed by atoms with Crippen molar-refractivity contribution in [3.8, 4) is 0 Å². The number of amides is 2. The van der Waals surface area contributed by atoms with Crippen LogP contribution in [0.15, 0.2) is 54.6 Å². The fourth-order valence-corrected chi connectivity index (χ4v) is 3.69. The fourth-order valence-electron chi connectivity index (χ4n) is 3.69. The van der Waals surface area contributed by atoms with Crippen LogP contribution in [-0.4, -0.2) is 17.6 Å². The minimum absolute atomic E-state index is 0.0633. The second-order valence-corrected chi connectivity index (χ2v) is 7.06. The molecule has 1 aromatic heterocycles. The van der Waals surface area contributed by atoms with Gasteiger partial charge in [0.1, 0.15) is 5.82 Å². The number of aromatic amines is 1. The summed E-state index contributed by atoms with van der Waals surface area (Å²) in [5, 5.41) is 7.02. The molecule has 4 nitrogen and oxygen atoms in total. The molecule has 3 N–H and O–H groups in total. The van der Waals surface area contributed by atoms with Crippen LogP contribution >= 0.6 is 0 Å². The zero-order valence-electron chi connectivity index (χ0n) is 14.5. The quantitative estimate of drug-likeness (QED) is 0.633. The maximum absolute atomic E-state index is 13.2. The molecule has 3 aromatic rings. The van der Waals surface area contributed by atoms with Crippen molar-refractivity contribution in [2.75, 3.05) is 6.54 Å². The topological polar surface area (TPSA) is 56.9 Å². The SMILES string of the molecule is O=C(NCc1cc2ccccc2[nH]1)NCC1(c2ccc(F)cc2)CCC1. The molecule has 4 rings (SSSR count). The first-order valence-corrected chi connectivity index (χ1v) is 8.99. The molecule has 0 radical (unpaired) electrons. The number of para-hydroxylation sites is 1. The highest BCUT2D eigenvalue weighted by molar-refractivity contribution is 5.80. The van der Waals surface area contributed by atoms with Crippen molar-refractivity contribution in [1.82, 2.24) is 15.6 Å². The number of fused-ring (bicyclic) bond motifs is 1. The zero-order chi connectivity index (χ0) is 18.0. The molecule has 0 aliphatic heterocycles. The third-order valence-electron chi connectivity index (χ3n) is 5.38. The number of urea groups is 1. The van der Waals surface area contributed by atoms with E-state index in [9.17, 15) is 9.18 Å². The van der Waals surface area contributed by atoms with Crippen LogP contribution in [0.1, 0.15) is 30.5 Å². The van der Waals surface area contributed by atoms with E-state index in [0.717, 1.165) is 41.4 Å². The summed E-state index contributed by atoms with van der Waals surface area (Å²) in [5.41, 5.74) is 3.07. The number of aromatic nitrogens is 1. The first-order valence-electron chi connectivity index (χ1n) is 8.99. The van der Waals surface area contributed by atoms with E-state index in [1.165, 1.54) is 12.1 Å². The van der Waals surface area contributed by atoms with Gasteiger partial charge in [-0.05, 0) is 48.1 Å². The van der Waals surface area contributed by atoms with Gasteiger partial charge in [-0.1, -0.05) is 36.8 Å². The molecule has 0 bridgehead atoms. The summed E-state index contributed by atoms with van der Waals surface area (Å²) in [4.78, 5) is 15.5. The van der Waals surface area contributed by atoms with Crippen molar-refractivity contribution in [3.63, 3.8) is 0 Å². The van der Waals surface area contributed by atoms with Crippen LogP contribution in [0.5, 0.6) is 0 Å². The molecule has 0 spiro atoms. The first kappa shape index (κ1) is 16.6. The fraction of sp³-hybridized carbons (Fsp3) is 0.286. The van der Waals surface area contributed by atoms with E-state index in [2.05, 4.69) is 15.6 Å². The number of nitrogens with one attached hydrogen (secondary N) is 3. The normalized spacial score (nSPS) is 15.4. The van der Waals surface area contributed by atoms with Crippen molar-refractivity contribution in [3.05, 3.63) is 71.7 Å². The number of rotatable bonds is 5. The molecule has 2 aromatic carbocycles. The van der Waals surface area contributed by atoms with Crippen molar-refractivity contribution in [1.29, 1.82) is 0 Å². The predicted octanol–water partition coefficient (Wildman–Crippen LogP) is 4.23. The average molecular weight is 351 g/mol. The molecule has 5 heteroatoms. The van der Waals surface area contributed by atoms with Crippen molar-refractivity contribution >= 4 is 16.9 Å². The monoisotopic (exact) mass is 351 g/mol. The van der Waals surface area contributed by atoms with Crippen LogP contribution in [-0.2, 0) is 12.0 Å². The Kier molecular flexibility index (Phi) is 4.37. The molecule has 1 fully saturated rings. The molecule has 1 heterocycles. The molecule has 0 saturated heterocycles. The van der Waals surface area contributed by atoms with Crippen LogP contribution in [0.2, 0.25) is 0 Å². The molecule has 0 atom stereocenters. The van der Waals surface area contributed by atoms with E-state index in [1.807, 2.05) is 42.5 Å². The van der Waals surface area contributed by atoms with E-state index >= 15 is 0 Å². The summed E-state index contributed by atoms with van der Waals surface area (Å²) < 4.78 is 13.2. The van der Waals surface area contributed by atoms with Crippen LogP contribution in [0.25, 0.3) is 10.9 Å². The number of hydrogen-bond donors (Lipinski definition) is 3. The van der Waals surface area contributed by atoms with Gasteiger partial charge in [0.2, 0.25) is 0 Å². The Hall–Kier alpha value is -2.82. The highest BCUT2D eigenvalue weighted by Crippen LogP contribution is 2.43. The minimum atomic E-state index is -0.229. The lowest BCUT2D eigenvalue weighted by Gasteiger charge is -2.42. The number of benzene rings is 2. The molecular weight excluding hydrogens is 329 g/mol. The number of carbonyl (C=O) groups is 1. The number of hydrogen-bond acceptors (Lipinski definition) is 1. The lowest BCUT2D eigenvalue weighted by atomic mass is 9.64. The van der Waals surface area contributed by atoms with E-state index < -0.39 is 0 Å². The lowest BCUT2D eigenvalue weighted by molar-refractivity contribution is 0.214. The van der Waals surface area contributed by atoms with Crippen molar-refractivity contribution < 1.29 is 9.18 Å². The van der Waals surface area contributed by atoms with Gasteiger partial charge >= 0.3 is 6.03 Å². The Morgan fingerprint density at radius 3 is 2.54 bits per heavy atom. The van der Waals surface area contributed by atoms with E-state index in [1.54, 1.807) is 0 Å². The molecule has 0 unspecified atom stereocenters. The van der Waals surface area contributed by atoms with Crippen LogP contribution in [0.4, 0.5) is 9.18 Å². The number of H-pyrrole nitrogens is 1. The lowest BCUT2D eigenvalue weighted by Crippen LogP contribution is -2.48. The van der Waals surface area contributed by atoms with Crippen molar-refractivity contribution in [2.45, 2.75) is 31.2 Å². The second-order valence-electron chi connectivity index (χ2n) is 7.06. The Morgan fingerprint density at radius 1 is 1.08 bits per heavy atom. The third kappa shape index (κ3) is 3.29. The predicted molar refractivity (Wildman–Crippen MR) is 100 cm³/mol. The standard InChI is InChI=1S/C21H22FN3O/c22-17-8-6-16(7-9-17)21(10-3-11-21)14-24-20(26)23-13-18-12-15-4-1-2-5-19(15)25-18/h1-2,4-9,12,25H,3,10-11,13-14H2,(H2,23,24,26). The highest BCUT2D eigenvalue weighted by atomic mass is 19.1. The summed E-state index contributed by atoms with van der Waals surface area (Å²) in [6, 6.07) is 16.5. The van der Waals surface area contributed by atoms with Gasteiger partial charge in [-0.2, -0.15) is 0 Å². The summed E-state index contributed by atoms with van der Waals surface area (Å²) in [5.74, 6) is -0.229. The van der Waals surface area contributed by atoms with Gasteiger partial charge in [-0.3, -0.25) is 0 Å². The third-order valence-corrected chi connectivity index (χ3v) is 5.38. The maximum Gasteiger partial charge on any atom is 0.315 e. The molecule has 1 aliphatic rings. The van der Waals surface area contributed by atoms with Gasteiger partial charge in [0.25, 0.3) is 0 Å². The molecule has 1 aliphatic carbocycles. The largest absolute Gasteiger partial charge is 0.357 e. The van der Waals surface area contributed by atoms with Gasteiger partial charge in [0.15, 0.2) is 0 Å². The van der Waals surface area contributed by atoms with E-state index in [0.29, 0.717) is 13.1 Å². The summed E-state index contributed by atoms with van der Waals surface area (Å²) in [6.07, 6.45) is 3.16. The van der Waals surface area contributed by atoms with E-state index in [4.69, 9.17) is 0 Å². The highest BCUT2D eigenvalue weighted by Gasteiger charge is 2.38. The average Bonchev–Trinajstić information content (AvgIpc) is 3.03. The van der Waals surface area contributed by atoms with Crippen LogP contribution in [0, 0.1) is 5.82 Å². The summed E-state index contributed by atoms with van der Waals surface area (Å²) in [6.45, 7) is 1.02. The van der Waals surface area contributed by atoms with Gasteiger partial charge in [0, 0.05) is 23.2 Å². The van der Waals surface area contributed by atoms with Crippen molar-refractivity contribution in [2.24, 2.45) is 0 Å². The Morgan fingerprint density at radius 2 is 1.85 bits per heavy atom. The molecule has 134 valence electrons. The zero-order valence-corrected chi connectivity index (χ0v) is 14.5. The van der Waals surface area contributed by atoms with Gasteiger partial charge < -0.3 is 15.6 Å². The second kappa shape index (κ2) is 6.83. The summed E-state index contributed by atoms with van der Waals surface area (Å²) in [7, 11) is 0. The molecule has 1 saturated carbocycles. The Bertz CT molecular complexity index is 879. The van der Waals surface area contributed by atoms with E-state index in [-0.39, 0.29) is 17.3 Å². The number of carbonyl (C=O) groups excluding carboxylic acids is 1. The molecular formula is C21H22FN3O. The number of halogens is 1. The maximum atomic E-state index is 13.2. The minimum Gasteiger partial charge on any atom is -0.357 e. The molecule has 26 heavy (non-hydrogen) atoms. The summed E-state index contributed by atoms with van der Waals surface area (Å²) >= 11 is 0. The van der Waals surface area contributed by atoms with Crippen LogP contribution < -0.4 is 10.6 Å². The van der Waals surface area contributed by atoms with Gasteiger partial charge in [-0.25, -0.2) is 9.18 Å². The van der Waals surface area contributed by atoms with Gasteiger partial charge in [-0.15, -0.1) is 0 Å². The smallest absolute Gasteiger partial charge is 0.315 e. The van der Waals surface area contributed by atoms with Crippen LogP contribution in [0.3, 0.4) is 0 Å². The Balaban J connectivity index is 1.33. The molecule has 2 amide bonds. The Labute approximate surface area is 151 Å².